The Morgan fingerprint density at radius 3 is 2.16 bits per heavy atom. The number of nitrogens with zero attached hydrogens (tertiary/aromatic N) is 1. The summed E-state index contributed by atoms with van der Waals surface area (Å²) in [6.45, 7) is 3.79. The third-order valence-electron chi connectivity index (χ3n) is 7.48. The molecule has 0 unspecified atom stereocenters. The topological polar surface area (TPSA) is 84.9 Å². The van der Waals surface area contributed by atoms with Gasteiger partial charge < -0.3 is 19.7 Å². The fraction of sp³-hybridized carbons (Fsp3) is 0.300. The second kappa shape index (κ2) is 9.73. The molecule has 1 N–H and O–H groups in total. The van der Waals surface area contributed by atoms with E-state index in [1.165, 1.54) is 0 Å². The van der Waals surface area contributed by atoms with Crippen LogP contribution in [0, 0.1) is 11.8 Å². The van der Waals surface area contributed by atoms with Gasteiger partial charge in [-0.25, -0.2) is 0 Å². The fourth-order valence-corrected chi connectivity index (χ4v) is 5.77. The number of methoxy groups -OCH3 is 1. The molecule has 1 aliphatic carbocycles. The fourth-order valence-electron chi connectivity index (χ4n) is 5.77. The summed E-state index contributed by atoms with van der Waals surface area (Å²) >= 11 is 0. The van der Waals surface area contributed by atoms with E-state index in [4.69, 9.17) is 9.47 Å². The van der Waals surface area contributed by atoms with E-state index in [0.29, 0.717) is 17.0 Å². The lowest BCUT2D eigenvalue weighted by molar-refractivity contribution is -0.145. The Labute approximate surface area is 216 Å². The van der Waals surface area contributed by atoms with Crippen LogP contribution >= 0.6 is 0 Å². The first kappa shape index (κ1) is 24.6. The maximum absolute atomic E-state index is 14.4. The molecule has 5 rings (SSSR count). The van der Waals surface area contributed by atoms with Crippen molar-refractivity contribution in [3.63, 3.8) is 0 Å². The predicted octanol–water partition coefficient (Wildman–Crippen LogP) is 4.19. The Balaban J connectivity index is 1.63. The number of carbonyl (C=O) groups excluding carboxylic acids is 3. The molecular formula is C30H30N2O5. The molecule has 0 aromatic heterocycles. The number of hydrogen-bond donors (Lipinski definition) is 1. The van der Waals surface area contributed by atoms with Crippen molar-refractivity contribution in [3.05, 3.63) is 96.1 Å². The minimum atomic E-state index is -1.32. The molecule has 7 heteroatoms. The van der Waals surface area contributed by atoms with E-state index < -0.39 is 17.4 Å². The molecule has 3 aromatic rings. The van der Waals surface area contributed by atoms with Crippen molar-refractivity contribution in [2.24, 2.45) is 11.8 Å². The lowest BCUT2D eigenvalue weighted by Gasteiger charge is -2.45. The number of nitrogens with one attached hydrogen (secondary N) is 1. The summed E-state index contributed by atoms with van der Waals surface area (Å²) in [5.74, 6) is -1.47. The summed E-state index contributed by atoms with van der Waals surface area (Å²) in [4.78, 5) is 42.6. The standard InChI is InChI=1S/C30H30N2O5/c1-4-37-28(34)24-23-25(19-11-7-5-8-12-19)30(2,31-27(33)20-13-9-6-10-14-20)29(35)32(26(23)24)21-15-17-22(36-3)18-16-21/h5-18,23-26H,4H2,1-3H3,(H,31,33)/t23-,24-,25+,26+,30-/m1/s1. The summed E-state index contributed by atoms with van der Waals surface area (Å²) < 4.78 is 10.7. The van der Waals surface area contributed by atoms with Crippen LogP contribution in [0.15, 0.2) is 84.9 Å². The lowest BCUT2D eigenvalue weighted by atomic mass is 9.73. The minimum Gasteiger partial charge on any atom is -0.497 e. The van der Waals surface area contributed by atoms with Crippen molar-refractivity contribution >= 4 is 23.5 Å². The molecular weight excluding hydrogens is 468 g/mol. The van der Waals surface area contributed by atoms with E-state index in [2.05, 4.69) is 5.32 Å². The highest BCUT2D eigenvalue weighted by molar-refractivity contribution is 6.08. The largest absolute Gasteiger partial charge is 0.497 e. The number of fused-ring (bicyclic) bond motifs is 1. The van der Waals surface area contributed by atoms with Gasteiger partial charge in [0.15, 0.2) is 0 Å². The van der Waals surface area contributed by atoms with Crippen molar-refractivity contribution in [1.29, 1.82) is 0 Å². The van der Waals surface area contributed by atoms with Gasteiger partial charge >= 0.3 is 5.97 Å². The Kier molecular flexibility index (Phi) is 6.46. The molecule has 2 aliphatic rings. The second-order valence-electron chi connectivity index (χ2n) is 9.63. The molecule has 2 fully saturated rings. The number of anilines is 1. The average Bonchev–Trinajstić information content (AvgIpc) is 3.64. The van der Waals surface area contributed by atoms with Crippen LogP contribution in [0.25, 0.3) is 0 Å². The number of esters is 1. The van der Waals surface area contributed by atoms with Gasteiger partial charge in [0.05, 0.1) is 25.7 Å². The molecule has 5 atom stereocenters. The highest BCUT2D eigenvalue weighted by Gasteiger charge is 2.72. The van der Waals surface area contributed by atoms with Gasteiger partial charge in [-0.05, 0) is 55.8 Å². The third kappa shape index (κ3) is 4.24. The zero-order chi connectivity index (χ0) is 26.2. The lowest BCUT2D eigenvalue weighted by Crippen LogP contribution is -2.65. The van der Waals surface area contributed by atoms with E-state index in [-0.39, 0.29) is 36.4 Å². The maximum atomic E-state index is 14.4. The highest BCUT2D eigenvalue weighted by atomic mass is 16.5. The van der Waals surface area contributed by atoms with Crippen molar-refractivity contribution in [3.8, 4) is 5.75 Å². The molecule has 0 radical (unpaired) electrons. The molecule has 1 heterocycles. The van der Waals surface area contributed by atoms with Crippen LogP contribution in [0.3, 0.4) is 0 Å². The monoisotopic (exact) mass is 498 g/mol. The van der Waals surface area contributed by atoms with Gasteiger partial charge in [0.2, 0.25) is 0 Å². The Hall–Kier alpha value is -4.13. The first-order chi connectivity index (χ1) is 17.9. The van der Waals surface area contributed by atoms with Crippen molar-refractivity contribution < 1.29 is 23.9 Å². The molecule has 1 aliphatic heterocycles. The van der Waals surface area contributed by atoms with Gasteiger partial charge in [0.25, 0.3) is 11.8 Å². The average molecular weight is 499 g/mol. The van der Waals surface area contributed by atoms with E-state index in [1.807, 2.05) is 36.4 Å². The smallest absolute Gasteiger partial charge is 0.311 e. The Bertz CT molecular complexity index is 1290. The molecule has 0 bridgehead atoms. The Morgan fingerprint density at radius 2 is 1.57 bits per heavy atom. The zero-order valence-corrected chi connectivity index (χ0v) is 21.1. The minimum absolute atomic E-state index is 0.234. The van der Waals surface area contributed by atoms with E-state index in [1.54, 1.807) is 74.4 Å². The number of benzene rings is 3. The number of carbonyl (C=O) groups is 3. The van der Waals surface area contributed by atoms with Gasteiger partial charge in [0.1, 0.15) is 11.3 Å². The molecule has 7 nitrogen and oxygen atoms in total. The summed E-state index contributed by atoms with van der Waals surface area (Å²) in [7, 11) is 1.58. The van der Waals surface area contributed by atoms with E-state index in [9.17, 15) is 14.4 Å². The number of ether oxygens (including phenoxy) is 2. The first-order valence-corrected chi connectivity index (χ1v) is 12.5. The van der Waals surface area contributed by atoms with Gasteiger partial charge in [-0.2, -0.15) is 0 Å². The first-order valence-electron chi connectivity index (χ1n) is 12.5. The van der Waals surface area contributed by atoms with Gasteiger partial charge in [-0.3, -0.25) is 14.4 Å². The van der Waals surface area contributed by atoms with Crippen molar-refractivity contribution in [2.75, 3.05) is 18.6 Å². The molecule has 37 heavy (non-hydrogen) atoms. The number of rotatable bonds is 7. The quantitative estimate of drug-likeness (QED) is 0.494. The molecule has 0 spiro atoms. The maximum Gasteiger partial charge on any atom is 0.311 e. The van der Waals surface area contributed by atoms with E-state index >= 15 is 0 Å². The number of hydrogen-bond acceptors (Lipinski definition) is 5. The van der Waals surface area contributed by atoms with E-state index in [0.717, 1.165) is 5.56 Å². The summed E-state index contributed by atoms with van der Waals surface area (Å²) in [5, 5.41) is 3.07. The van der Waals surface area contributed by atoms with Crippen LogP contribution in [-0.4, -0.2) is 43.1 Å². The van der Waals surface area contributed by atoms with Crippen LogP contribution in [0.2, 0.25) is 0 Å². The molecule has 2 amide bonds. The van der Waals surface area contributed by atoms with Gasteiger partial charge in [0, 0.05) is 23.1 Å². The summed E-state index contributed by atoms with van der Waals surface area (Å²) in [6.07, 6.45) is 0. The molecule has 3 aromatic carbocycles. The zero-order valence-electron chi connectivity index (χ0n) is 21.1. The van der Waals surface area contributed by atoms with Gasteiger partial charge in [-0.15, -0.1) is 0 Å². The van der Waals surface area contributed by atoms with Crippen LogP contribution in [-0.2, 0) is 14.3 Å². The van der Waals surface area contributed by atoms with Crippen molar-refractivity contribution in [1.82, 2.24) is 5.32 Å². The molecule has 1 saturated heterocycles. The molecule has 190 valence electrons. The summed E-state index contributed by atoms with van der Waals surface area (Å²) in [6, 6.07) is 25.2. The normalized spacial score (nSPS) is 26.1. The van der Waals surface area contributed by atoms with Crippen LogP contribution in [0.1, 0.15) is 35.7 Å². The van der Waals surface area contributed by atoms with Crippen LogP contribution in [0.4, 0.5) is 5.69 Å². The molecule has 1 saturated carbocycles. The van der Waals surface area contributed by atoms with Gasteiger partial charge in [-0.1, -0.05) is 48.5 Å². The SMILES string of the molecule is CCOC(=O)[C@@H]1[C@H]2[C@@H]1N(c1ccc(OC)cc1)C(=O)[C@](C)(NC(=O)c1ccccc1)[C@H]2c1ccccc1. The van der Waals surface area contributed by atoms with Crippen molar-refractivity contribution in [2.45, 2.75) is 31.3 Å². The number of piperidine rings is 1. The van der Waals surface area contributed by atoms with Crippen LogP contribution < -0.4 is 15.0 Å². The Morgan fingerprint density at radius 1 is 0.946 bits per heavy atom. The predicted molar refractivity (Wildman–Crippen MR) is 139 cm³/mol. The highest BCUT2D eigenvalue weighted by Crippen LogP contribution is 2.60. The van der Waals surface area contributed by atoms with Crippen LogP contribution in [0.5, 0.6) is 5.75 Å². The summed E-state index contributed by atoms with van der Waals surface area (Å²) in [5.41, 5.74) is 0.665. The third-order valence-corrected chi connectivity index (χ3v) is 7.48. The second-order valence-corrected chi connectivity index (χ2v) is 9.63. The number of amides is 2.